The SMILES string of the molecule is CCNC(=NCCCN1CCCN(C)CC1)NC1CCN(c2ccc(F)cc2F)C1.I. The lowest BCUT2D eigenvalue weighted by Crippen LogP contribution is -2.44. The maximum absolute atomic E-state index is 14.1. The van der Waals surface area contributed by atoms with Crippen molar-refractivity contribution in [1.82, 2.24) is 20.4 Å². The zero-order valence-corrected chi connectivity index (χ0v) is 21.1. The largest absolute Gasteiger partial charge is 0.367 e. The molecule has 1 aromatic carbocycles. The van der Waals surface area contributed by atoms with E-state index >= 15 is 0 Å². The van der Waals surface area contributed by atoms with Gasteiger partial charge in [0.25, 0.3) is 0 Å². The van der Waals surface area contributed by atoms with Crippen molar-refractivity contribution in [2.75, 3.05) is 70.9 Å². The summed E-state index contributed by atoms with van der Waals surface area (Å²) >= 11 is 0. The third-order valence-electron chi connectivity index (χ3n) is 5.84. The molecule has 176 valence electrons. The van der Waals surface area contributed by atoms with Crippen molar-refractivity contribution in [2.45, 2.75) is 32.2 Å². The lowest BCUT2D eigenvalue weighted by atomic mass is 10.2. The molecule has 0 saturated carbocycles. The lowest BCUT2D eigenvalue weighted by molar-refractivity contribution is 0.275. The van der Waals surface area contributed by atoms with Gasteiger partial charge in [0.15, 0.2) is 5.96 Å². The molecule has 31 heavy (non-hydrogen) atoms. The second kappa shape index (κ2) is 13.4. The summed E-state index contributed by atoms with van der Waals surface area (Å²) in [5.41, 5.74) is 0.464. The number of likely N-dealkylation sites (N-methyl/N-ethyl adjacent to an activating group) is 1. The average Bonchev–Trinajstić information content (AvgIpc) is 3.06. The predicted octanol–water partition coefficient (Wildman–Crippen LogP) is 2.74. The number of nitrogens with one attached hydrogen (secondary N) is 2. The van der Waals surface area contributed by atoms with E-state index in [0.29, 0.717) is 12.2 Å². The first-order valence-corrected chi connectivity index (χ1v) is 11.2. The van der Waals surface area contributed by atoms with Crippen molar-refractivity contribution in [1.29, 1.82) is 0 Å². The van der Waals surface area contributed by atoms with Crippen LogP contribution < -0.4 is 15.5 Å². The molecule has 2 fully saturated rings. The number of halogens is 3. The molecule has 0 amide bonds. The molecule has 2 N–H and O–H groups in total. The van der Waals surface area contributed by atoms with E-state index < -0.39 is 11.6 Å². The molecule has 0 spiro atoms. The minimum absolute atomic E-state index is 0. The second-order valence-corrected chi connectivity index (χ2v) is 8.28. The highest BCUT2D eigenvalue weighted by molar-refractivity contribution is 14.0. The number of benzene rings is 1. The average molecular weight is 550 g/mol. The molecule has 1 aromatic rings. The molecule has 2 aliphatic heterocycles. The molecule has 0 aliphatic carbocycles. The second-order valence-electron chi connectivity index (χ2n) is 8.28. The Labute approximate surface area is 202 Å². The summed E-state index contributed by atoms with van der Waals surface area (Å²) in [6.07, 6.45) is 3.16. The fourth-order valence-corrected chi connectivity index (χ4v) is 4.16. The van der Waals surface area contributed by atoms with E-state index in [0.717, 1.165) is 64.1 Å². The summed E-state index contributed by atoms with van der Waals surface area (Å²) in [5, 5.41) is 6.80. The van der Waals surface area contributed by atoms with Gasteiger partial charge >= 0.3 is 0 Å². The van der Waals surface area contributed by atoms with Gasteiger partial charge in [-0.05, 0) is 65.0 Å². The highest BCUT2D eigenvalue weighted by Crippen LogP contribution is 2.24. The van der Waals surface area contributed by atoms with Gasteiger partial charge in [0.2, 0.25) is 0 Å². The number of hydrogen-bond acceptors (Lipinski definition) is 4. The van der Waals surface area contributed by atoms with E-state index in [1.165, 1.54) is 31.6 Å². The molecule has 0 aromatic heterocycles. The van der Waals surface area contributed by atoms with Crippen LogP contribution in [0.1, 0.15) is 26.2 Å². The molecule has 2 heterocycles. The highest BCUT2D eigenvalue weighted by Gasteiger charge is 2.25. The van der Waals surface area contributed by atoms with Crippen molar-refractivity contribution in [3.05, 3.63) is 29.8 Å². The molecular weight excluding hydrogens is 513 g/mol. The van der Waals surface area contributed by atoms with Crippen molar-refractivity contribution in [2.24, 2.45) is 4.99 Å². The molecule has 0 bridgehead atoms. The van der Waals surface area contributed by atoms with Crippen LogP contribution in [0.25, 0.3) is 0 Å². The van der Waals surface area contributed by atoms with Crippen molar-refractivity contribution in [3.8, 4) is 0 Å². The summed E-state index contributed by atoms with van der Waals surface area (Å²) in [6, 6.07) is 3.97. The Kier molecular flexibility index (Phi) is 11.2. The standard InChI is InChI=1S/C22H36F2N6.HI/c1-3-25-22(26-9-4-11-29-12-5-10-28(2)14-15-29)27-19-8-13-30(17-19)21-7-6-18(23)16-20(21)24;/h6-7,16,19H,3-5,8-15,17H2,1-2H3,(H2,25,26,27);1H. The monoisotopic (exact) mass is 550 g/mol. The van der Waals surface area contributed by atoms with Crippen molar-refractivity contribution in [3.63, 3.8) is 0 Å². The third kappa shape index (κ3) is 8.34. The maximum Gasteiger partial charge on any atom is 0.191 e. The van der Waals surface area contributed by atoms with Gasteiger partial charge in [0, 0.05) is 51.4 Å². The highest BCUT2D eigenvalue weighted by atomic mass is 127. The Morgan fingerprint density at radius 3 is 2.77 bits per heavy atom. The first-order valence-electron chi connectivity index (χ1n) is 11.2. The van der Waals surface area contributed by atoms with Crippen LogP contribution in [0.15, 0.2) is 23.2 Å². The molecule has 3 rings (SSSR count). The van der Waals surface area contributed by atoms with Gasteiger partial charge in [-0.2, -0.15) is 0 Å². The van der Waals surface area contributed by atoms with E-state index in [4.69, 9.17) is 4.99 Å². The molecule has 6 nitrogen and oxygen atoms in total. The lowest BCUT2D eigenvalue weighted by Gasteiger charge is -2.21. The van der Waals surface area contributed by atoms with E-state index in [9.17, 15) is 8.78 Å². The van der Waals surface area contributed by atoms with Crippen LogP contribution in [0.4, 0.5) is 14.5 Å². The smallest absolute Gasteiger partial charge is 0.191 e. The van der Waals surface area contributed by atoms with Crippen LogP contribution >= 0.6 is 24.0 Å². The predicted molar refractivity (Wildman–Crippen MR) is 135 cm³/mol. The van der Waals surface area contributed by atoms with Crippen molar-refractivity contribution < 1.29 is 8.78 Å². The minimum atomic E-state index is -0.543. The summed E-state index contributed by atoms with van der Waals surface area (Å²) in [6.45, 7) is 10.8. The van der Waals surface area contributed by atoms with Gasteiger partial charge in [-0.25, -0.2) is 8.78 Å². The maximum atomic E-state index is 14.1. The number of rotatable bonds is 7. The topological polar surface area (TPSA) is 46.1 Å². The molecule has 2 aliphatic rings. The third-order valence-corrected chi connectivity index (χ3v) is 5.84. The molecule has 2 saturated heterocycles. The summed E-state index contributed by atoms with van der Waals surface area (Å²) in [5.74, 6) is -0.227. The van der Waals surface area contributed by atoms with Crippen LogP contribution in [-0.2, 0) is 0 Å². The summed E-state index contributed by atoms with van der Waals surface area (Å²) in [7, 11) is 2.19. The van der Waals surface area contributed by atoms with Gasteiger partial charge in [0.05, 0.1) is 5.69 Å². The van der Waals surface area contributed by atoms with Gasteiger partial charge in [0.1, 0.15) is 11.6 Å². The Hall–Kier alpha value is -1.20. The number of nitrogens with zero attached hydrogens (tertiary/aromatic N) is 4. The number of guanidine groups is 1. The van der Waals surface area contributed by atoms with Gasteiger partial charge in [-0.1, -0.05) is 0 Å². The van der Waals surface area contributed by atoms with Gasteiger partial charge < -0.3 is 25.3 Å². The van der Waals surface area contributed by atoms with Gasteiger partial charge in [-0.15, -0.1) is 24.0 Å². The van der Waals surface area contributed by atoms with E-state index in [-0.39, 0.29) is 30.0 Å². The molecule has 1 unspecified atom stereocenters. The molecule has 0 radical (unpaired) electrons. The first kappa shape index (κ1) is 26.1. The Bertz CT molecular complexity index is 705. The zero-order chi connectivity index (χ0) is 21.3. The van der Waals surface area contributed by atoms with Crippen LogP contribution in [0.3, 0.4) is 0 Å². The van der Waals surface area contributed by atoms with E-state index in [1.54, 1.807) is 0 Å². The van der Waals surface area contributed by atoms with Gasteiger partial charge in [-0.3, -0.25) is 4.99 Å². The van der Waals surface area contributed by atoms with E-state index in [1.807, 2.05) is 4.90 Å². The van der Waals surface area contributed by atoms with Crippen molar-refractivity contribution >= 4 is 35.6 Å². The Morgan fingerprint density at radius 1 is 1.16 bits per heavy atom. The number of aliphatic imine (C=N–C) groups is 1. The molecule has 9 heteroatoms. The van der Waals surface area contributed by atoms with Crippen LogP contribution in [-0.4, -0.2) is 87.8 Å². The zero-order valence-electron chi connectivity index (χ0n) is 18.7. The number of hydrogen-bond donors (Lipinski definition) is 2. The molecular formula is C22H37F2IN6. The number of anilines is 1. The summed E-state index contributed by atoms with van der Waals surface area (Å²) < 4.78 is 27.2. The minimum Gasteiger partial charge on any atom is -0.367 e. The normalized spacial score (nSPS) is 21.0. The van der Waals surface area contributed by atoms with Crippen LogP contribution in [0, 0.1) is 11.6 Å². The first-order chi connectivity index (χ1) is 14.5. The molecule has 1 atom stereocenters. The summed E-state index contributed by atoms with van der Waals surface area (Å²) in [4.78, 5) is 11.6. The van der Waals surface area contributed by atoms with Crippen LogP contribution in [0.5, 0.6) is 0 Å². The Morgan fingerprint density at radius 2 is 2.00 bits per heavy atom. The fraction of sp³-hybridized carbons (Fsp3) is 0.682. The van der Waals surface area contributed by atoms with E-state index in [2.05, 4.69) is 34.4 Å². The van der Waals surface area contributed by atoms with Crippen LogP contribution in [0.2, 0.25) is 0 Å². The quantitative estimate of drug-likeness (QED) is 0.237. The fourth-order valence-electron chi connectivity index (χ4n) is 4.16. The Balaban J connectivity index is 0.00000341.